The summed E-state index contributed by atoms with van der Waals surface area (Å²) in [6.45, 7) is 0. The molecule has 2 bridgehead atoms. The quantitative estimate of drug-likeness (QED) is 0.897. The third-order valence-corrected chi connectivity index (χ3v) is 4.01. The van der Waals surface area contributed by atoms with Crippen LogP contribution in [0.5, 0.6) is 0 Å². The summed E-state index contributed by atoms with van der Waals surface area (Å²) in [5, 5.41) is 10.2. The molecular weight excluding hydrogens is 238 g/mol. The van der Waals surface area contributed by atoms with E-state index in [4.69, 9.17) is 4.74 Å². The van der Waals surface area contributed by atoms with E-state index in [2.05, 4.69) is 0 Å². The molecule has 2 aliphatic rings. The number of aliphatic hydroxyl groups excluding tert-OH is 1. The Morgan fingerprint density at radius 3 is 2.50 bits per heavy atom. The van der Waals surface area contributed by atoms with Crippen molar-refractivity contribution in [2.24, 2.45) is 5.92 Å². The summed E-state index contributed by atoms with van der Waals surface area (Å²) in [5.41, 5.74) is 0.503. The van der Waals surface area contributed by atoms with Crippen molar-refractivity contribution >= 4 is 0 Å². The second-order valence-corrected chi connectivity index (χ2v) is 5.32. The SMILES string of the molecule is OC(Cc1cc(F)cc(F)c1)C1CC2CCC1O2. The maximum absolute atomic E-state index is 13.1. The number of benzene rings is 1. The molecule has 0 radical (unpaired) electrons. The molecule has 1 aromatic carbocycles. The third-order valence-electron chi connectivity index (χ3n) is 4.01. The Kier molecular flexibility index (Phi) is 3.08. The summed E-state index contributed by atoms with van der Waals surface area (Å²) < 4.78 is 31.8. The summed E-state index contributed by atoms with van der Waals surface area (Å²) in [4.78, 5) is 0. The Bertz CT molecular complexity index is 429. The smallest absolute Gasteiger partial charge is 0.126 e. The first-order chi connectivity index (χ1) is 8.61. The molecule has 0 spiro atoms. The van der Waals surface area contributed by atoms with Crippen molar-refractivity contribution in [1.29, 1.82) is 0 Å². The number of rotatable bonds is 3. The van der Waals surface area contributed by atoms with Gasteiger partial charge < -0.3 is 9.84 Å². The zero-order chi connectivity index (χ0) is 12.7. The van der Waals surface area contributed by atoms with Crippen LogP contribution in [0.15, 0.2) is 18.2 Å². The molecule has 18 heavy (non-hydrogen) atoms. The number of aliphatic hydroxyl groups is 1. The van der Waals surface area contributed by atoms with Crippen LogP contribution in [0.25, 0.3) is 0 Å². The highest BCUT2D eigenvalue weighted by atomic mass is 19.1. The Morgan fingerprint density at radius 2 is 1.94 bits per heavy atom. The highest BCUT2D eigenvalue weighted by Crippen LogP contribution is 2.41. The molecule has 2 nitrogen and oxygen atoms in total. The van der Waals surface area contributed by atoms with Gasteiger partial charge in [-0.25, -0.2) is 8.78 Å². The van der Waals surface area contributed by atoms with Crippen LogP contribution in [0, 0.1) is 17.6 Å². The van der Waals surface area contributed by atoms with E-state index in [1.165, 1.54) is 12.1 Å². The Morgan fingerprint density at radius 1 is 1.22 bits per heavy atom. The average molecular weight is 254 g/mol. The van der Waals surface area contributed by atoms with E-state index in [-0.39, 0.29) is 24.5 Å². The standard InChI is InChI=1S/C14H16F2O2/c15-9-3-8(4-10(16)6-9)5-13(17)12-7-11-1-2-14(12)18-11/h3-4,6,11-14,17H,1-2,5,7H2. The molecule has 1 aromatic rings. The van der Waals surface area contributed by atoms with Crippen LogP contribution in [-0.2, 0) is 11.2 Å². The Balaban J connectivity index is 1.68. The van der Waals surface area contributed by atoms with Crippen LogP contribution in [0.3, 0.4) is 0 Å². The third kappa shape index (κ3) is 2.27. The molecule has 2 heterocycles. The molecule has 2 fully saturated rings. The van der Waals surface area contributed by atoms with Gasteiger partial charge in [0.1, 0.15) is 11.6 Å². The van der Waals surface area contributed by atoms with Crippen LogP contribution in [0.1, 0.15) is 24.8 Å². The van der Waals surface area contributed by atoms with E-state index in [1.807, 2.05) is 0 Å². The number of ether oxygens (including phenoxy) is 1. The molecule has 0 saturated carbocycles. The molecule has 0 amide bonds. The predicted molar refractivity (Wildman–Crippen MR) is 62.1 cm³/mol. The second kappa shape index (κ2) is 4.59. The second-order valence-electron chi connectivity index (χ2n) is 5.32. The summed E-state index contributed by atoms with van der Waals surface area (Å²) in [5.74, 6) is -1.09. The average Bonchev–Trinajstić information content (AvgIpc) is 2.88. The van der Waals surface area contributed by atoms with Crippen molar-refractivity contribution in [1.82, 2.24) is 0 Å². The van der Waals surface area contributed by atoms with Gasteiger partial charge in [-0.05, 0) is 43.4 Å². The molecule has 2 aliphatic heterocycles. The first-order valence-electron chi connectivity index (χ1n) is 6.40. The fourth-order valence-corrected chi connectivity index (χ4v) is 3.20. The van der Waals surface area contributed by atoms with Gasteiger partial charge in [-0.1, -0.05) is 0 Å². The normalized spacial score (nSPS) is 31.8. The van der Waals surface area contributed by atoms with Crippen molar-refractivity contribution in [2.75, 3.05) is 0 Å². The minimum atomic E-state index is -0.596. The maximum Gasteiger partial charge on any atom is 0.126 e. The van der Waals surface area contributed by atoms with Crippen LogP contribution < -0.4 is 0 Å². The van der Waals surface area contributed by atoms with Crippen molar-refractivity contribution in [3.8, 4) is 0 Å². The lowest BCUT2D eigenvalue weighted by molar-refractivity contribution is 0.0431. The first kappa shape index (κ1) is 12.1. The van der Waals surface area contributed by atoms with Gasteiger partial charge in [-0.15, -0.1) is 0 Å². The highest BCUT2D eigenvalue weighted by molar-refractivity contribution is 5.19. The summed E-state index contributed by atoms with van der Waals surface area (Å²) >= 11 is 0. The van der Waals surface area contributed by atoms with E-state index >= 15 is 0 Å². The highest BCUT2D eigenvalue weighted by Gasteiger charge is 2.43. The molecule has 1 N–H and O–H groups in total. The van der Waals surface area contributed by atoms with Crippen molar-refractivity contribution in [3.63, 3.8) is 0 Å². The number of fused-ring (bicyclic) bond motifs is 2. The van der Waals surface area contributed by atoms with Crippen LogP contribution in [0.2, 0.25) is 0 Å². The molecule has 3 rings (SSSR count). The lowest BCUT2D eigenvalue weighted by atomic mass is 9.83. The molecule has 98 valence electrons. The van der Waals surface area contributed by atoms with E-state index in [0.717, 1.165) is 25.3 Å². The van der Waals surface area contributed by atoms with Crippen molar-refractivity contribution < 1.29 is 18.6 Å². The molecule has 4 atom stereocenters. The van der Waals surface area contributed by atoms with Gasteiger partial charge in [0.15, 0.2) is 0 Å². The van der Waals surface area contributed by atoms with E-state index in [0.29, 0.717) is 5.56 Å². The summed E-state index contributed by atoms with van der Waals surface area (Å²) in [6.07, 6.45) is 3.03. The first-order valence-corrected chi connectivity index (χ1v) is 6.40. The molecule has 0 aliphatic carbocycles. The van der Waals surface area contributed by atoms with Gasteiger partial charge >= 0.3 is 0 Å². The van der Waals surface area contributed by atoms with Gasteiger partial charge in [0.25, 0.3) is 0 Å². The molecule has 4 unspecified atom stereocenters. The molecular formula is C14H16F2O2. The van der Waals surface area contributed by atoms with Gasteiger partial charge in [0, 0.05) is 12.0 Å². The van der Waals surface area contributed by atoms with Gasteiger partial charge in [0.05, 0.1) is 18.3 Å². The molecule has 2 saturated heterocycles. The number of hydrogen-bond acceptors (Lipinski definition) is 2. The Hall–Kier alpha value is -1.00. The number of hydrogen-bond donors (Lipinski definition) is 1. The summed E-state index contributed by atoms with van der Waals surface area (Å²) in [7, 11) is 0. The monoisotopic (exact) mass is 254 g/mol. The van der Waals surface area contributed by atoms with Crippen LogP contribution in [0.4, 0.5) is 8.78 Å². The van der Waals surface area contributed by atoms with Crippen LogP contribution in [-0.4, -0.2) is 23.4 Å². The van der Waals surface area contributed by atoms with Crippen LogP contribution >= 0.6 is 0 Å². The zero-order valence-electron chi connectivity index (χ0n) is 9.98. The maximum atomic E-state index is 13.1. The van der Waals surface area contributed by atoms with Gasteiger partial charge in [0.2, 0.25) is 0 Å². The zero-order valence-corrected chi connectivity index (χ0v) is 9.98. The Labute approximate surface area is 105 Å². The summed E-state index contributed by atoms with van der Waals surface area (Å²) in [6, 6.07) is 3.40. The van der Waals surface area contributed by atoms with E-state index in [9.17, 15) is 13.9 Å². The van der Waals surface area contributed by atoms with Crippen molar-refractivity contribution in [3.05, 3.63) is 35.4 Å². The van der Waals surface area contributed by atoms with Crippen molar-refractivity contribution in [2.45, 2.75) is 44.0 Å². The van der Waals surface area contributed by atoms with Gasteiger partial charge in [-0.3, -0.25) is 0 Å². The van der Waals surface area contributed by atoms with E-state index < -0.39 is 17.7 Å². The largest absolute Gasteiger partial charge is 0.392 e. The lowest BCUT2D eigenvalue weighted by Gasteiger charge is -2.24. The van der Waals surface area contributed by atoms with Gasteiger partial charge in [-0.2, -0.15) is 0 Å². The fourth-order valence-electron chi connectivity index (χ4n) is 3.20. The predicted octanol–water partition coefficient (Wildman–Crippen LogP) is 2.44. The fraction of sp³-hybridized carbons (Fsp3) is 0.571. The molecule has 0 aromatic heterocycles. The molecule has 4 heteroatoms. The minimum absolute atomic E-state index is 0.107. The minimum Gasteiger partial charge on any atom is -0.392 e. The number of halogens is 2. The lowest BCUT2D eigenvalue weighted by Crippen LogP contribution is -2.31. The van der Waals surface area contributed by atoms with E-state index in [1.54, 1.807) is 0 Å². The topological polar surface area (TPSA) is 29.5 Å².